The first-order valence-electron chi connectivity index (χ1n) is 9.58. The van der Waals surface area contributed by atoms with E-state index in [1.165, 1.54) is 5.56 Å². The molecule has 2 aromatic carbocycles. The zero-order chi connectivity index (χ0) is 20.2. The summed E-state index contributed by atoms with van der Waals surface area (Å²) in [5.41, 5.74) is 2.32. The summed E-state index contributed by atoms with van der Waals surface area (Å²) in [5, 5.41) is 6.69. The minimum absolute atomic E-state index is 0. The Labute approximate surface area is 191 Å². The Morgan fingerprint density at radius 3 is 2.41 bits per heavy atom. The van der Waals surface area contributed by atoms with Crippen molar-refractivity contribution in [2.75, 3.05) is 34.4 Å². The van der Waals surface area contributed by atoms with Crippen molar-refractivity contribution in [3.05, 3.63) is 53.6 Å². The van der Waals surface area contributed by atoms with Crippen molar-refractivity contribution in [1.82, 2.24) is 10.6 Å². The van der Waals surface area contributed by atoms with Gasteiger partial charge in [-0.3, -0.25) is 4.99 Å². The lowest BCUT2D eigenvalue weighted by Gasteiger charge is -2.14. The number of rotatable bonds is 10. The Morgan fingerprint density at radius 1 is 0.966 bits per heavy atom. The SMILES string of the molecule is CCOc1ccccc1CNC(=NC)NCCCc1ccc(OC)c(OC)c1.I. The monoisotopic (exact) mass is 513 g/mol. The van der Waals surface area contributed by atoms with Crippen molar-refractivity contribution in [2.45, 2.75) is 26.3 Å². The standard InChI is InChI=1S/C22H31N3O3.HI/c1-5-28-19-11-7-6-10-18(19)16-25-22(23-2)24-14-8-9-17-12-13-20(26-3)21(15-17)27-4;/h6-7,10-13,15H,5,8-9,14,16H2,1-4H3,(H2,23,24,25);1H. The molecule has 0 bridgehead atoms. The van der Waals surface area contributed by atoms with Crippen LogP contribution in [0.25, 0.3) is 0 Å². The van der Waals surface area contributed by atoms with Crippen LogP contribution in [-0.2, 0) is 13.0 Å². The van der Waals surface area contributed by atoms with E-state index in [4.69, 9.17) is 14.2 Å². The van der Waals surface area contributed by atoms with Crippen LogP contribution in [0.1, 0.15) is 24.5 Å². The van der Waals surface area contributed by atoms with Gasteiger partial charge in [0.25, 0.3) is 0 Å². The van der Waals surface area contributed by atoms with E-state index < -0.39 is 0 Å². The van der Waals surface area contributed by atoms with E-state index in [-0.39, 0.29) is 24.0 Å². The van der Waals surface area contributed by atoms with Gasteiger partial charge in [0, 0.05) is 25.7 Å². The van der Waals surface area contributed by atoms with E-state index in [9.17, 15) is 0 Å². The number of ether oxygens (including phenoxy) is 3. The summed E-state index contributed by atoms with van der Waals surface area (Å²) in [4.78, 5) is 4.29. The van der Waals surface area contributed by atoms with Gasteiger partial charge in [0.1, 0.15) is 5.75 Å². The minimum atomic E-state index is 0. The van der Waals surface area contributed by atoms with Crippen molar-refractivity contribution in [3.8, 4) is 17.2 Å². The van der Waals surface area contributed by atoms with Gasteiger partial charge in [-0.2, -0.15) is 0 Å². The van der Waals surface area contributed by atoms with Gasteiger partial charge in [-0.1, -0.05) is 24.3 Å². The average Bonchev–Trinajstić information content (AvgIpc) is 2.74. The molecule has 0 unspecified atom stereocenters. The summed E-state index contributed by atoms with van der Waals surface area (Å²) in [5.74, 6) is 3.19. The fourth-order valence-electron chi connectivity index (χ4n) is 2.88. The highest BCUT2D eigenvalue weighted by atomic mass is 127. The molecule has 0 saturated carbocycles. The summed E-state index contributed by atoms with van der Waals surface area (Å²) < 4.78 is 16.3. The molecule has 0 aliphatic rings. The minimum Gasteiger partial charge on any atom is -0.494 e. The van der Waals surface area contributed by atoms with Gasteiger partial charge < -0.3 is 24.8 Å². The number of nitrogens with zero attached hydrogens (tertiary/aromatic N) is 1. The Morgan fingerprint density at radius 2 is 1.72 bits per heavy atom. The number of guanidine groups is 1. The number of nitrogens with one attached hydrogen (secondary N) is 2. The first-order valence-corrected chi connectivity index (χ1v) is 9.58. The van der Waals surface area contributed by atoms with Crippen LogP contribution in [0.2, 0.25) is 0 Å². The molecule has 2 aromatic rings. The highest BCUT2D eigenvalue weighted by Gasteiger charge is 2.06. The van der Waals surface area contributed by atoms with Crippen LogP contribution in [0.5, 0.6) is 17.2 Å². The van der Waals surface area contributed by atoms with Crippen molar-refractivity contribution < 1.29 is 14.2 Å². The molecule has 0 aliphatic heterocycles. The summed E-state index contributed by atoms with van der Waals surface area (Å²) in [7, 11) is 5.08. The summed E-state index contributed by atoms with van der Waals surface area (Å²) in [6, 6.07) is 14.1. The van der Waals surface area contributed by atoms with Crippen molar-refractivity contribution in [3.63, 3.8) is 0 Å². The molecule has 0 saturated heterocycles. The molecule has 2 rings (SSSR count). The molecule has 29 heavy (non-hydrogen) atoms. The van der Waals surface area contributed by atoms with Crippen LogP contribution in [0.3, 0.4) is 0 Å². The molecule has 0 spiro atoms. The predicted molar refractivity (Wildman–Crippen MR) is 129 cm³/mol. The number of aryl methyl sites for hydroxylation is 1. The first-order chi connectivity index (χ1) is 13.7. The summed E-state index contributed by atoms with van der Waals surface area (Å²) >= 11 is 0. The van der Waals surface area contributed by atoms with Gasteiger partial charge in [-0.15, -0.1) is 24.0 Å². The molecule has 0 amide bonds. The number of hydrogen-bond donors (Lipinski definition) is 2. The van der Waals surface area contributed by atoms with Crippen LogP contribution < -0.4 is 24.8 Å². The molecule has 0 atom stereocenters. The maximum absolute atomic E-state index is 5.67. The van der Waals surface area contributed by atoms with Crippen LogP contribution >= 0.6 is 24.0 Å². The maximum Gasteiger partial charge on any atom is 0.191 e. The third-order valence-corrected chi connectivity index (χ3v) is 4.32. The average molecular weight is 513 g/mol. The van der Waals surface area contributed by atoms with Crippen molar-refractivity contribution >= 4 is 29.9 Å². The van der Waals surface area contributed by atoms with Gasteiger partial charge in [0.05, 0.1) is 20.8 Å². The van der Waals surface area contributed by atoms with Gasteiger partial charge in [-0.25, -0.2) is 0 Å². The highest BCUT2D eigenvalue weighted by molar-refractivity contribution is 14.0. The maximum atomic E-state index is 5.67. The molecular formula is C22H32IN3O3. The fraction of sp³-hybridized carbons (Fsp3) is 0.409. The molecule has 7 heteroatoms. The van der Waals surface area contributed by atoms with Gasteiger partial charge >= 0.3 is 0 Å². The third-order valence-electron chi connectivity index (χ3n) is 4.32. The number of aliphatic imine (C=N–C) groups is 1. The molecule has 2 N–H and O–H groups in total. The van der Waals surface area contributed by atoms with E-state index in [1.54, 1.807) is 21.3 Å². The Kier molecular flexibility index (Phi) is 11.9. The number of para-hydroxylation sites is 1. The molecule has 0 aliphatic carbocycles. The van der Waals surface area contributed by atoms with Crippen molar-refractivity contribution in [2.24, 2.45) is 4.99 Å². The Balaban J connectivity index is 0.00000420. The van der Waals surface area contributed by atoms with Crippen LogP contribution in [0.4, 0.5) is 0 Å². The Bertz CT molecular complexity index is 769. The van der Waals surface area contributed by atoms with E-state index >= 15 is 0 Å². The molecule has 0 aromatic heterocycles. The zero-order valence-electron chi connectivity index (χ0n) is 17.7. The first kappa shape index (κ1) is 24.9. The molecule has 0 radical (unpaired) electrons. The quantitative estimate of drug-likeness (QED) is 0.218. The second-order valence-electron chi connectivity index (χ2n) is 6.19. The lowest BCUT2D eigenvalue weighted by atomic mass is 10.1. The molecule has 6 nitrogen and oxygen atoms in total. The van der Waals surface area contributed by atoms with Crippen LogP contribution in [0.15, 0.2) is 47.5 Å². The van der Waals surface area contributed by atoms with Crippen LogP contribution in [-0.4, -0.2) is 40.4 Å². The van der Waals surface area contributed by atoms with Gasteiger partial charge in [-0.05, 0) is 43.5 Å². The van der Waals surface area contributed by atoms with E-state index in [0.29, 0.717) is 13.2 Å². The number of hydrogen-bond acceptors (Lipinski definition) is 4. The lowest BCUT2D eigenvalue weighted by molar-refractivity contribution is 0.336. The number of methoxy groups -OCH3 is 2. The van der Waals surface area contributed by atoms with E-state index in [0.717, 1.165) is 48.2 Å². The second kappa shape index (κ2) is 13.9. The zero-order valence-corrected chi connectivity index (χ0v) is 20.0. The number of benzene rings is 2. The van der Waals surface area contributed by atoms with Gasteiger partial charge in [0.2, 0.25) is 0 Å². The van der Waals surface area contributed by atoms with E-state index in [2.05, 4.69) is 27.8 Å². The van der Waals surface area contributed by atoms with E-state index in [1.807, 2.05) is 37.3 Å². The summed E-state index contributed by atoms with van der Waals surface area (Å²) in [6.07, 6.45) is 1.92. The lowest BCUT2D eigenvalue weighted by Crippen LogP contribution is -2.37. The topological polar surface area (TPSA) is 64.1 Å². The molecular weight excluding hydrogens is 481 g/mol. The van der Waals surface area contributed by atoms with Crippen LogP contribution in [0, 0.1) is 0 Å². The van der Waals surface area contributed by atoms with Crippen molar-refractivity contribution in [1.29, 1.82) is 0 Å². The number of halogens is 1. The normalized spacial score (nSPS) is 10.7. The predicted octanol–water partition coefficient (Wildman–Crippen LogP) is 4.02. The largest absolute Gasteiger partial charge is 0.494 e. The van der Waals surface area contributed by atoms with Gasteiger partial charge in [0.15, 0.2) is 17.5 Å². The fourth-order valence-corrected chi connectivity index (χ4v) is 2.88. The summed E-state index contributed by atoms with van der Waals surface area (Å²) in [6.45, 7) is 4.12. The second-order valence-corrected chi connectivity index (χ2v) is 6.19. The molecule has 0 heterocycles. The highest BCUT2D eigenvalue weighted by Crippen LogP contribution is 2.27. The third kappa shape index (κ3) is 8.00. The smallest absolute Gasteiger partial charge is 0.191 e. The Hall–Kier alpha value is -2.16. The molecule has 160 valence electrons. The molecule has 0 fully saturated rings.